The normalized spacial score (nSPS) is 13.0. The van der Waals surface area contributed by atoms with Crippen molar-refractivity contribution in [2.24, 2.45) is 0 Å². The van der Waals surface area contributed by atoms with Gasteiger partial charge in [-0.2, -0.15) is 0 Å². The Bertz CT molecular complexity index is 405. The van der Waals surface area contributed by atoms with E-state index < -0.39 is 35.4 Å². The molecule has 0 saturated carbocycles. The van der Waals surface area contributed by atoms with Gasteiger partial charge in [0.25, 0.3) is 0 Å². The maximum absolute atomic E-state index is 12.3. The number of carbonyl (C=O) groups is 3. The van der Waals surface area contributed by atoms with Crippen molar-refractivity contribution in [3.8, 4) is 0 Å². The van der Waals surface area contributed by atoms with Gasteiger partial charge in [-0.3, -0.25) is 4.79 Å². The number of nitrogens with zero attached hydrogens (tertiary/aromatic N) is 1. The summed E-state index contributed by atoms with van der Waals surface area (Å²) in [6.07, 6.45) is -1.27. The summed E-state index contributed by atoms with van der Waals surface area (Å²) in [7, 11) is 1.28. The minimum Gasteiger partial charge on any atom is -0.469 e. The highest BCUT2D eigenvalue weighted by molar-refractivity contribution is 5.88. The van der Waals surface area contributed by atoms with Gasteiger partial charge >= 0.3 is 18.2 Å². The average Bonchev–Trinajstić information content (AvgIpc) is 2.31. The van der Waals surface area contributed by atoms with Gasteiger partial charge in [-0.05, 0) is 54.9 Å². The largest absolute Gasteiger partial charge is 0.469 e. The van der Waals surface area contributed by atoms with Gasteiger partial charge in [0.2, 0.25) is 0 Å². The summed E-state index contributed by atoms with van der Waals surface area (Å²) in [5, 5.41) is 0. The lowest BCUT2D eigenvalue weighted by molar-refractivity contribution is -0.141. The molecule has 0 spiro atoms. The molecule has 7 heteroatoms. The van der Waals surface area contributed by atoms with Crippen LogP contribution in [-0.2, 0) is 19.0 Å². The standard InChI is InChI=1S/C16H29NO6/c1-11(9-10-12(18)21-8)17(13(19)22-15(2,3)4)14(20)23-16(5,6)7/h11H,9-10H2,1-8H3. The van der Waals surface area contributed by atoms with Crippen LogP contribution >= 0.6 is 0 Å². The molecule has 0 aromatic carbocycles. The van der Waals surface area contributed by atoms with Crippen LogP contribution in [0.15, 0.2) is 0 Å². The third kappa shape index (κ3) is 9.05. The molecule has 0 rings (SSSR count). The number of methoxy groups -OCH3 is 1. The zero-order valence-corrected chi connectivity index (χ0v) is 15.4. The highest BCUT2D eigenvalue weighted by Gasteiger charge is 2.34. The van der Waals surface area contributed by atoms with E-state index in [4.69, 9.17) is 9.47 Å². The summed E-state index contributed by atoms with van der Waals surface area (Å²) in [5.74, 6) is -0.412. The number of ether oxygens (including phenoxy) is 3. The van der Waals surface area contributed by atoms with Crippen LogP contribution in [0.3, 0.4) is 0 Å². The number of rotatable bonds is 4. The first-order valence-electron chi connectivity index (χ1n) is 7.59. The molecule has 0 bridgehead atoms. The maximum atomic E-state index is 12.3. The summed E-state index contributed by atoms with van der Waals surface area (Å²) in [4.78, 5) is 36.8. The lowest BCUT2D eigenvalue weighted by Gasteiger charge is -2.31. The van der Waals surface area contributed by atoms with Gasteiger partial charge in [0.15, 0.2) is 0 Å². The van der Waals surface area contributed by atoms with Gasteiger partial charge in [-0.15, -0.1) is 0 Å². The zero-order chi connectivity index (χ0) is 18.4. The van der Waals surface area contributed by atoms with E-state index in [0.717, 1.165) is 4.90 Å². The lowest BCUT2D eigenvalue weighted by Crippen LogP contribution is -2.48. The predicted molar refractivity (Wildman–Crippen MR) is 85.0 cm³/mol. The summed E-state index contributed by atoms with van der Waals surface area (Å²) in [6, 6.07) is -0.571. The Hall–Kier alpha value is -1.79. The zero-order valence-electron chi connectivity index (χ0n) is 15.4. The van der Waals surface area contributed by atoms with Crippen LogP contribution in [0, 0.1) is 0 Å². The fourth-order valence-corrected chi connectivity index (χ4v) is 1.61. The second kappa shape index (κ2) is 8.17. The van der Waals surface area contributed by atoms with Crippen molar-refractivity contribution in [2.75, 3.05) is 7.11 Å². The summed E-state index contributed by atoms with van der Waals surface area (Å²) in [6.45, 7) is 11.9. The Balaban J connectivity index is 5.16. The number of esters is 1. The van der Waals surface area contributed by atoms with Gasteiger partial charge in [0, 0.05) is 12.5 Å². The molecule has 0 saturated heterocycles. The van der Waals surface area contributed by atoms with Crippen LogP contribution in [0.5, 0.6) is 0 Å². The highest BCUT2D eigenvalue weighted by atomic mass is 16.6. The predicted octanol–water partition coefficient (Wildman–Crippen LogP) is 3.50. The molecule has 0 radical (unpaired) electrons. The minimum absolute atomic E-state index is 0.0831. The molecule has 0 aliphatic carbocycles. The van der Waals surface area contributed by atoms with E-state index in [1.807, 2.05) is 0 Å². The van der Waals surface area contributed by atoms with Crippen LogP contribution in [0.25, 0.3) is 0 Å². The van der Waals surface area contributed by atoms with Crippen LogP contribution in [-0.4, -0.2) is 47.4 Å². The summed E-state index contributed by atoms with van der Waals surface area (Å²) >= 11 is 0. The first-order valence-corrected chi connectivity index (χ1v) is 7.59. The van der Waals surface area contributed by atoms with Gasteiger partial charge in [-0.1, -0.05) is 0 Å². The molecule has 0 aromatic heterocycles. The van der Waals surface area contributed by atoms with Crippen LogP contribution in [0.2, 0.25) is 0 Å². The summed E-state index contributed by atoms with van der Waals surface area (Å²) < 4.78 is 15.1. The quantitative estimate of drug-likeness (QED) is 0.579. The van der Waals surface area contributed by atoms with Crippen molar-refractivity contribution in [1.29, 1.82) is 0 Å². The van der Waals surface area contributed by atoms with Crippen molar-refractivity contribution in [1.82, 2.24) is 4.90 Å². The number of imide groups is 1. The first kappa shape index (κ1) is 21.2. The Morgan fingerprint density at radius 2 is 1.30 bits per heavy atom. The molecular formula is C16H29NO6. The lowest BCUT2D eigenvalue weighted by atomic mass is 10.1. The Labute approximate surface area is 138 Å². The summed E-state index contributed by atoms with van der Waals surface area (Å²) in [5.41, 5.74) is -1.50. The van der Waals surface area contributed by atoms with E-state index in [1.54, 1.807) is 48.5 Å². The monoisotopic (exact) mass is 331 g/mol. The number of hydrogen-bond donors (Lipinski definition) is 0. The fourth-order valence-electron chi connectivity index (χ4n) is 1.61. The molecule has 134 valence electrons. The van der Waals surface area contributed by atoms with Gasteiger partial charge in [-0.25, -0.2) is 14.5 Å². The van der Waals surface area contributed by atoms with Gasteiger partial charge < -0.3 is 14.2 Å². The van der Waals surface area contributed by atoms with Crippen LogP contribution < -0.4 is 0 Å². The number of hydrogen-bond acceptors (Lipinski definition) is 6. The molecule has 23 heavy (non-hydrogen) atoms. The third-order valence-corrected chi connectivity index (χ3v) is 2.62. The van der Waals surface area contributed by atoms with E-state index >= 15 is 0 Å². The van der Waals surface area contributed by atoms with E-state index in [-0.39, 0.29) is 12.8 Å². The molecular weight excluding hydrogens is 302 g/mol. The van der Waals surface area contributed by atoms with E-state index in [1.165, 1.54) is 7.11 Å². The van der Waals surface area contributed by atoms with Crippen LogP contribution in [0.4, 0.5) is 9.59 Å². The molecule has 0 heterocycles. The van der Waals surface area contributed by atoms with Crippen molar-refractivity contribution in [3.63, 3.8) is 0 Å². The van der Waals surface area contributed by atoms with Gasteiger partial charge in [0.1, 0.15) is 11.2 Å². The molecule has 2 amide bonds. The van der Waals surface area contributed by atoms with Crippen LogP contribution in [0.1, 0.15) is 61.3 Å². The van der Waals surface area contributed by atoms with Crippen molar-refractivity contribution in [2.45, 2.75) is 78.6 Å². The maximum Gasteiger partial charge on any atom is 0.420 e. The Morgan fingerprint density at radius 3 is 1.61 bits per heavy atom. The highest BCUT2D eigenvalue weighted by Crippen LogP contribution is 2.18. The van der Waals surface area contributed by atoms with E-state index in [2.05, 4.69) is 4.74 Å². The number of carbonyl (C=O) groups excluding carboxylic acids is 3. The van der Waals surface area contributed by atoms with Crippen molar-refractivity contribution in [3.05, 3.63) is 0 Å². The molecule has 0 aromatic rings. The molecule has 7 nitrogen and oxygen atoms in total. The second-order valence-electron chi connectivity index (χ2n) is 7.29. The fraction of sp³-hybridized carbons (Fsp3) is 0.812. The smallest absolute Gasteiger partial charge is 0.420 e. The van der Waals surface area contributed by atoms with E-state index in [0.29, 0.717) is 0 Å². The molecule has 0 aliphatic rings. The third-order valence-electron chi connectivity index (χ3n) is 2.62. The molecule has 1 unspecified atom stereocenters. The van der Waals surface area contributed by atoms with Crippen molar-refractivity contribution < 1.29 is 28.6 Å². The van der Waals surface area contributed by atoms with E-state index in [9.17, 15) is 14.4 Å². The molecule has 1 atom stereocenters. The second-order valence-corrected chi connectivity index (χ2v) is 7.29. The minimum atomic E-state index is -0.802. The topological polar surface area (TPSA) is 82.1 Å². The first-order chi connectivity index (χ1) is 10.3. The average molecular weight is 331 g/mol. The molecule has 0 fully saturated rings. The Kier molecular flexibility index (Phi) is 7.54. The molecule has 0 N–H and O–H groups in total. The SMILES string of the molecule is COC(=O)CCC(C)N(C(=O)OC(C)(C)C)C(=O)OC(C)(C)C. The van der Waals surface area contributed by atoms with Crippen molar-refractivity contribution >= 4 is 18.2 Å². The Morgan fingerprint density at radius 1 is 0.913 bits per heavy atom. The van der Waals surface area contributed by atoms with Gasteiger partial charge in [0.05, 0.1) is 7.11 Å². The molecule has 0 aliphatic heterocycles. The number of amides is 2.